The van der Waals surface area contributed by atoms with Crippen molar-refractivity contribution >= 4 is 15.7 Å². The molecule has 3 N–H and O–H groups in total. The van der Waals surface area contributed by atoms with E-state index in [1.807, 2.05) is 18.2 Å². The molecule has 0 radical (unpaired) electrons. The van der Waals surface area contributed by atoms with Gasteiger partial charge in [-0.2, -0.15) is 0 Å². The van der Waals surface area contributed by atoms with Gasteiger partial charge in [0.15, 0.2) is 9.84 Å². The van der Waals surface area contributed by atoms with Gasteiger partial charge in [0.2, 0.25) is 0 Å². The van der Waals surface area contributed by atoms with Crippen molar-refractivity contribution in [3.63, 3.8) is 0 Å². The molecule has 0 aliphatic carbocycles. The molecule has 0 aliphatic heterocycles. The van der Waals surface area contributed by atoms with Gasteiger partial charge in [0, 0.05) is 30.4 Å². The van der Waals surface area contributed by atoms with E-state index in [4.69, 9.17) is 5.73 Å². The zero-order chi connectivity index (χ0) is 24.8. The van der Waals surface area contributed by atoms with Gasteiger partial charge in [0.25, 0.3) is 5.91 Å². The van der Waals surface area contributed by atoms with Crippen LogP contribution < -0.4 is 11.1 Å². The second-order valence-corrected chi connectivity index (χ2v) is 9.95. The van der Waals surface area contributed by atoms with E-state index in [0.717, 1.165) is 17.8 Å². The number of carbonyl (C=O) groups excluding carboxylic acids is 1. The lowest BCUT2D eigenvalue weighted by atomic mass is 9.95. The summed E-state index contributed by atoms with van der Waals surface area (Å²) < 4.78 is 39.7. The van der Waals surface area contributed by atoms with Crippen LogP contribution in [0.5, 0.6) is 0 Å². The number of nitrogens with one attached hydrogen (secondary N) is 1. The van der Waals surface area contributed by atoms with E-state index in [1.165, 1.54) is 12.1 Å². The van der Waals surface area contributed by atoms with Gasteiger partial charge in [-0.3, -0.25) is 9.78 Å². The van der Waals surface area contributed by atoms with E-state index in [-0.39, 0.29) is 10.8 Å². The van der Waals surface area contributed by atoms with Crippen LogP contribution >= 0.6 is 0 Å². The SMILES string of the molecule is NC(c1ccccc1-c1ccccc1C(=O)NCCc1ccccn1)S(=O)(=O)c1ccc(F)cc1. The molecule has 1 unspecified atom stereocenters. The van der Waals surface area contributed by atoms with Crippen molar-refractivity contribution in [2.75, 3.05) is 6.54 Å². The molecule has 8 heteroatoms. The van der Waals surface area contributed by atoms with Gasteiger partial charge in [-0.05, 0) is 59.2 Å². The van der Waals surface area contributed by atoms with E-state index in [1.54, 1.807) is 54.7 Å². The van der Waals surface area contributed by atoms with Crippen LogP contribution in [0.3, 0.4) is 0 Å². The third kappa shape index (κ3) is 5.45. The largest absolute Gasteiger partial charge is 0.352 e. The van der Waals surface area contributed by atoms with Crippen LogP contribution in [0.4, 0.5) is 4.39 Å². The quantitative estimate of drug-likeness (QED) is 0.360. The average Bonchev–Trinajstić information content (AvgIpc) is 2.89. The number of halogens is 1. The van der Waals surface area contributed by atoms with E-state index in [2.05, 4.69) is 10.3 Å². The number of carbonyl (C=O) groups is 1. The lowest BCUT2D eigenvalue weighted by Gasteiger charge is -2.19. The predicted molar refractivity (Wildman–Crippen MR) is 133 cm³/mol. The van der Waals surface area contributed by atoms with E-state index in [9.17, 15) is 17.6 Å². The fraction of sp³-hybridized carbons (Fsp3) is 0.111. The summed E-state index contributed by atoms with van der Waals surface area (Å²) in [5, 5.41) is 1.49. The Bertz CT molecular complexity index is 1430. The van der Waals surface area contributed by atoms with Gasteiger partial charge in [0.1, 0.15) is 11.2 Å². The standard InChI is InChI=1S/C27H24FN3O3S/c28-19-12-14-21(15-13-19)35(33,34)26(29)24-10-3-1-8-22(24)23-9-2-4-11-25(23)27(32)31-18-16-20-7-5-6-17-30-20/h1-15,17,26H,16,18,29H2,(H,31,32). The van der Waals surface area contributed by atoms with Crippen LogP contribution in [0, 0.1) is 5.82 Å². The molecule has 0 aliphatic rings. The number of pyridine rings is 1. The molecule has 0 fully saturated rings. The molecule has 0 bridgehead atoms. The third-order valence-electron chi connectivity index (χ3n) is 5.60. The van der Waals surface area contributed by atoms with Gasteiger partial charge < -0.3 is 11.1 Å². The summed E-state index contributed by atoms with van der Waals surface area (Å²) >= 11 is 0. The Labute approximate surface area is 203 Å². The Balaban J connectivity index is 1.63. The number of aromatic nitrogens is 1. The maximum Gasteiger partial charge on any atom is 0.251 e. The van der Waals surface area contributed by atoms with Gasteiger partial charge in [0.05, 0.1) is 4.90 Å². The first-order valence-electron chi connectivity index (χ1n) is 11.0. The fourth-order valence-electron chi connectivity index (χ4n) is 3.79. The lowest BCUT2D eigenvalue weighted by molar-refractivity contribution is 0.0954. The molecule has 1 aromatic heterocycles. The first kappa shape index (κ1) is 24.3. The Morgan fingerprint density at radius 2 is 1.54 bits per heavy atom. The van der Waals surface area contributed by atoms with Gasteiger partial charge in [-0.25, -0.2) is 12.8 Å². The number of hydrogen-bond acceptors (Lipinski definition) is 5. The van der Waals surface area contributed by atoms with Crippen LogP contribution in [0.25, 0.3) is 11.1 Å². The van der Waals surface area contributed by atoms with Gasteiger partial charge in [-0.1, -0.05) is 48.5 Å². The van der Waals surface area contributed by atoms with Crippen LogP contribution in [0.2, 0.25) is 0 Å². The minimum Gasteiger partial charge on any atom is -0.352 e. The Kier molecular flexibility index (Phi) is 7.33. The molecule has 3 aromatic carbocycles. The minimum atomic E-state index is -4.01. The van der Waals surface area contributed by atoms with Crippen molar-refractivity contribution in [1.82, 2.24) is 10.3 Å². The van der Waals surface area contributed by atoms with Crippen LogP contribution in [0.15, 0.2) is 102 Å². The average molecular weight is 490 g/mol. The van der Waals surface area contributed by atoms with Crippen molar-refractivity contribution in [3.8, 4) is 11.1 Å². The normalized spacial score (nSPS) is 12.2. The molecule has 1 atom stereocenters. The Hall–Kier alpha value is -3.88. The van der Waals surface area contributed by atoms with E-state index < -0.39 is 21.0 Å². The minimum absolute atomic E-state index is 0.0817. The highest BCUT2D eigenvalue weighted by molar-refractivity contribution is 7.91. The molecule has 4 aromatic rings. The summed E-state index contributed by atoms with van der Waals surface area (Å²) in [5.74, 6) is -0.831. The highest BCUT2D eigenvalue weighted by atomic mass is 32.2. The Morgan fingerprint density at radius 3 is 2.26 bits per heavy atom. The zero-order valence-electron chi connectivity index (χ0n) is 18.8. The fourth-order valence-corrected chi connectivity index (χ4v) is 5.14. The van der Waals surface area contributed by atoms with Gasteiger partial charge >= 0.3 is 0 Å². The zero-order valence-corrected chi connectivity index (χ0v) is 19.6. The van der Waals surface area contributed by atoms with Crippen molar-refractivity contribution in [3.05, 3.63) is 120 Å². The molecule has 4 rings (SSSR count). The summed E-state index contributed by atoms with van der Waals surface area (Å²) in [4.78, 5) is 17.2. The molecule has 1 amide bonds. The first-order valence-corrected chi connectivity index (χ1v) is 12.5. The number of sulfone groups is 1. The summed E-state index contributed by atoms with van der Waals surface area (Å²) in [6.07, 6.45) is 2.28. The molecular weight excluding hydrogens is 465 g/mol. The Morgan fingerprint density at radius 1 is 0.886 bits per heavy atom. The second-order valence-electron chi connectivity index (χ2n) is 7.88. The number of nitrogens with two attached hydrogens (primary N) is 1. The van der Waals surface area contributed by atoms with E-state index >= 15 is 0 Å². The van der Waals surface area contributed by atoms with Crippen molar-refractivity contribution in [2.24, 2.45) is 5.73 Å². The van der Waals surface area contributed by atoms with Crippen molar-refractivity contribution in [1.29, 1.82) is 0 Å². The second kappa shape index (κ2) is 10.6. The number of nitrogens with zero attached hydrogens (tertiary/aromatic N) is 1. The monoisotopic (exact) mass is 489 g/mol. The third-order valence-corrected chi connectivity index (χ3v) is 7.45. The van der Waals surface area contributed by atoms with Crippen molar-refractivity contribution in [2.45, 2.75) is 16.7 Å². The molecule has 0 saturated carbocycles. The van der Waals surface area contributed by atoms with Crippen LogP contribution in [0.1, 0.15) is 27.0 Å². The number of hydrogen-bond donors (Lipinski definition) is 2. The lowest BCUT2D eigenvalue weighted by Crippen LogP contribution is -2.27. The maximum atomic E-state index is 13.3. The molecule has 0 spiro atoms. The summed E-state index contributed by atoms with van der Waals surface area (Å²) in [5.41, 5.74) is 8.95. The first-order chi connectivity index (χ1) is 16.9. The highest BCUT2D eigenvalue weighted by Crippen LogP contribution is 2.34. The number of benzene rings is 3. The number of rotatable bonds is 8. The van der Waals surface area contributed by atoms with E-state index in [0.29, 0.717) is 35.2 Å². The molecular formula is C27H24FN3O3S. The summed E-state index contributed by atoms with van der Waals surface area (Å²) in [7, 11) is -4.01. The van der Waals surface area contributed by atoms with Crippen molar-refractivity contribution < 1.29 is 17.6 Å². The molecule has 1 heterocycles. The van der Waals surface area contributed by atoms with Crippen LogP contribution in [-0.2, 0) is 16.3 Å². The number of amides is 1. The topological polar surface area (TPSA) is 102 Å². The molecule has 6 nitrogen and oxygen atoms in total. The summed E-state index contributed by atoms with van der Waals surface area (Å²) in [6, 6.07) is 23.9. The summed E-state index contributed by atoms with van der Waals surface area (Å²) in [6.45, 7) is 0.393. The molecule has 0 saturated heterocycles. The maximum absolute atomic E-state index is 13.3. The highest BCUT2D eigenvalue weighted by Gasteiger charge is 2.28. The smallest absolute Gasteiger partial charge is 0.251 e. The van der Waals surface area contributed by atoms with Gasteiger partial charge in [-0.15, -0.1) is 0 Å². The molecule has 35 heavy (non-hydrogen) atoms. The molecule has 178 valence electrons. The predicted octanol–water partition coefficient (Wildman–Crippen LogP) is 4.29. The van der Waals surface area contributed by atoms with Crippen LogP contribution in [-0.4, -0.2) is 25.9 Å².